The first-order valence-corrected chi connectivity index (χ1v) is 13.0. The molecule has 0 bridgehead atoms. The summed E-state index contributed by atoms with van der Waals surface area (Å²) in [5, 5.41) is 4.64. The largest absolute Gasteiger partial charge is 0.370 e. The van der Waals surface area contributed by atoms with Crippen LogP contribution < -0.4 is 10.2 Å². The molecule has 0 radical (unpaired) electrons. The van der Waals surface area contributed by atoms with Gasteiger partial charge in [-0.2, -0.15) is 0 Å². The molecule has 1 N–H and O–H groups in total. The number of aromatic nitrogens is 2. The highest BCUT2D eigenvalue weighted by Gasteiger charge is 2.48. The lowest BCUT2D eigenvalue weighted by Gasteiger charge is -2.57. The first-order chi connectivity index (χ1) is 16.3. The average molecular weight is 459 g/mol. The molecule has 1 saturated heterocycles. The number of hydrogen-bond donors (Lipinski definition) is 1. The predicted molar refractivity (Wildman–Crippen MR) is 137 cm³/mol. The van der Waals surface area contributed by atoms with Crippen molar-refractivity contribution < 1.29 is 4.39 Å². The van der Waals surface area contributed by atoms with E-state index < -0.39 is 0 Å². The van der Waals surface area contributed by atoms with E-state index in [9.17, 15) is 0 Å². The first kappa shape index (κ1) is 21.8. The molecule has 1 saturated carbocycles. The van der Waals surface area contributed by atoms with E-state index in [0.29, 0.717) is 11.0 Å². The molecule has 1 spiro atoms. The average Bonchev–Trinajstić information content (AvgIpc) is 3.22. The van der Waals surface area contributed by atoms with Gasteiger partial charge in [0.2, 0.25) is 0 Å². The number of nitrogens with zero attached hydrogens (tertiary/aromatic N) is 3. The molecule has 0 unspecified atom stereocenters. The number of nitrogens with one attached hydrogen (secondary N) is 1. The second kappa shape index (κ2) is 7.93. The Balaban J connectivity index is 1.41. The van der Waals surface area contributed by atoms with Crippen molar-refractivity contribution >= 4 is 22.4 Å². The van der Waals surface area contributed by atoms with Crippen molar-refractivity contribution in [3.8, 4) is 0 Å². The van der Waals surface area contributed by atoms with Crippen LogP contribution in [0, 0.1) is 18.2 Å². The molecule has 1 aliphatic heterocycles. The zero-order valence-electron chi connectivity index (χ0n) is 20.8. The Morgan fingerprint density at radius 3 is 2.44 bits per heavy atom. The zero-order chi connectivity index (χ0) is 23.6. The Morgan fingerprint density at radius 2 is 1.74 bits per heavy atom. The number of fused-ring (bicyclic) bond motifs is 3. The first-order valence-electron chi connectivity index (χ1n) is 13.0. The van der Waals surface area contributed by atoms with Crippen LogP contribution >= 0.6 is 0 Å². The molecule has 0 amide bonds. The van der Waals surface area contributed by atoms with Crippen LogP contribution in [0.15, 0.2) is 24.3 Å². The van der Waals surface area contributed by atoms with Crippen molar-refractivity contribution in [2.75, 3.05) is 23.3 Å². The van der Waals surface area contributed by atoms with E-state index >= 15 is 4.39 Å². The summed E-state index contributed by atoms with van der Waals surface area (Å²) >= 11 is 0. The molecule has 6 rings (SSSR count). The molecule has 2 fully saturated rings. The molecule has 178 valence electrons. The maximum absolute atomic E-state index is 15.3. The molecule has 3 aliphatic rings. The second-order valence-electron chi connectivity index (χ2n) is 11.2. The molecule has 5 heteroatoms. The lowest BCUT2D eigenvalue weighted by Crippen LogP contribution is -2.60. The van der Waals surface area contributed by atoms with Gasteiger partial charge >= 0.3 is 0 Å². The Hall–Kier alpha value is -2.69. The van der Waals surface area contributed by atoms with E-state index in [4.69, 9.17) is 9.97 Å². The quantitative estimate of drug-likeness (QED) is 0.454. The number of anilines is 2. The zero-order valence-corrected chi connectivity index (χ0v) is 20.8. The molecule has 2 aromatic carbocycles. The highest BCUT2D eigenvalue weighted by molar-refractivity contribution is 5.96. The maximum atomic E-state index is 15.3. The van der Waals surface area contributed by atoms with Gasteiger partial charge in [-0.15, -0.1) is 0 Å². The summed E-state index contributed by atoms with van der Waals surface area (Å²) in [7, 11) is 0. The van der Waals surface area contributed by atoms with Crippen molar-refractivity contribution in [2.45, 2.75) is 78.2 Å². The summed E-state index contributed by atoms with van der Waals surface area (Å²) in [5.74, 6) is 1.62. The molecule has 1 aromatic heterocycles. The SMILES string of the molecule is Cc1nc(N[C@H](C)c2cccc(C(C)C)c2F)c2cc(N3CC4(CCC4)C3)c3c(c2n1)CCC3. The fourth-order valence-corrected chi connectivity index (χ4v) is 6.41. The van der Waals surface area contributed by atoms with Crippen molar-refractivity contribution in [3.05, 3.63) is 58.2 Å². The highest BCUT2D eigenvalue weighted by Crippen LogP contribution is 2.51. The van der Waals surface area contributed by atoms with Gasteiger partial charge in [-0.1, -0.05) is 38.5 Å². The standard InChI is InChI=1S/C29H35FN4/c1-17(2)20-8-5-9-21(26(20)30)18(3)31-28-24-14-25(34-15-29(16-34)12-7-13-29)22-10-6-11-23(22)27(24)32-19(4)33-28/h5,8-9,14,17-18H,6-7,10-13,15-16H2,1-4H3,(H,31,32,33)/t18-/m1/s1. The summed E-state index contributed by atoms with van der Waals surface area (Å²) in [6, 6.07) is 7.85. The van der Waals surface area contributed by atoms with Gasteiger partial charge in [0, 0.05) is 35.1 Å². The third kappa shape index (κ3) is 3.38. The lowest BCUT2D eigenvalue weighted by atomic mass is 9.63. The number of rotatable bonds is 5. The summed E-state index contributed by atoms with van der Waals surface area (Å²) in [4.78, 5) is 12.3. The maximum Gasteiger partial charge on any atom is 0.138 e. The van der Waals surface area contributed by atoms with Crippen molar-refractivity contribution in [3.63, 3.8) is 0 Å². The Kier molecular flexibility index (Phi) is 5.09. The number of benzene rings is 2. The van der Waals surface area contributed by atoms with Crippen LogP contribution in [0.25, 0.3) is 10.9 Å². The Bertz CT molecular complexity index is 1270. The van der Waals surface area contributed by atoms with Crippen molar-refractivity contribution in [2.24, 2.45) is 5.41 Å². The Morgan fingerprint density at radius 1 is 1.00 bits per heavy atom. The van der Waals surface area contributed by atoms with Crippen LogP contribution in [0.2, 0.25) is 0 Å². The number of hydrogen-bond acceptors (Lipinski definition) is 4. The lowest BCUT2D eigenvalue weighted by molar-refractivity contribution is 0.0903. The van der Waals surface area contributed by atoms with Gasteiger partial charge in [-0.05, 0) is 74.6 Å². The minimum atomic E-state index is -0.199. The van der Waals surface area contributed by atoms with Gasteiger partial charge in [0.05, 0.1) is 11.6 Å². The predicted octanol–water partition coefficient (Wildman–Crippen LogP) is 6.85. The van der Waals surface area contributed by atoms with Gasteiger partial charge in [0.15, 0.2) is 0 Å². The second-order valence-corrected chi connectivity index (χ2v) is 11.2. The summed E-state index contributed by atoms with van der Waals surface area (Å²) in [6.07, 6.45) is 7.56. The normalized spacial score (nSPS) is 19.3. The van der Waals surface area contributed by atoms with E-state index in [-0.39, 0.29) is 17.8 Å². The monoisotopic (exact) mass is 458 g/mol. The van der Waals surface area contributed by atoms with E-state index in [1.165, 1.54) is 55.6 Å². The Labute approximate surface area is 202 Å². The van der Waals surface area contributed by atoms with Gasteiger partial charge in [-0.3, -0.25) is 0 Å². The molecule has 4 nitrogen and oxygen atoms in total. The van der Waals surface area contributed by atoms with Gasteiger partial charge in [-0.25, -0.2) is 14.4 Å². The van der Waals surface area contributed by atoms with Crippen LogP contribution in [0.5, 0.6) is 0 Å². The number of aryl methyl sites for hydroxylation is 2. The number of halogens is 1. The molecule has 34 heavy (non-hydrogen) atoms. The van der Waals surface area contributed by atoms with Crippen molar-refractivity contribution in [1.82, 2.24) is 9.97 Å². The third-order valence-electron chi connectivity index (χ3n) is 8.46. The highest BCUT2D eigenvalue weighted by atomic mass is 19.1. The van der Waals surface area contributed by atoms with Gasteiger partial charge in [0.25, 0.3) is 0 Å². The molecule has 2 aliphatic carbocycles. The fourth-order valence-electron chi connectivity index (χ4n) is 6.41. The summed E-state index contributed by atoms with van der Waals surface area (Å²) < 4.78 is 15.3. The fraction of sp³-hybridized carbons (Fsp3) is 0.517. The molecular formula is C29H35FN4. The van der Waals surface area contributed by atoms with Crippen molar-refractivity contribution in [1.29, 1.82) is 0 Å². The topological polar surface area (TPSA) is 41.1 Å². The van der Waals surface area contributed by atoms with E-state index in [1.54, 1.807) is 0 Å². The smallest absolute Gasteiger partial charge is 0.138 e. The molecular weight excluding hydrogens is 423 g/mol. The van der Waals surface area contributed by atoms with Crippen LogP contribution in [-0.4, -0.2) is 23.1 Å². The minimum Gasteiger partial charge on any atom is -0.370 e. The van der Waals surface area contributed by atoms with Gasteiger partial charge in [0.1, 0.15) is 17.5 Å². The summed E-state index contributed by atoms with van der Waals surface area (Å²) in [6.45, 7) is 10.4. The third-order valence-corrected chi connectivity index (χ3v) is 8.46. The molecule has 1 atom stereocenters. The minimum absolute atomic E-state index is 0.111. The van der Waals surface area contributed by atoms with Crippen LogP contribution in [0.4, 0.5) is 15.9 Å². The van der Waals surface area contributed by atoms with Gasteiger partial charge < -0.3 is 10.2 Å². The van der Waals surface area contributed by atoms with Crippen LogP contribution in [0.3, 0.4) is 0 Å². The van der Waals surface area contributed by atoms with E-state index in [2.05, 4.69) is 16.3 Å². The van der Waals surface area contributed by atoms with E-state index in [1.807, 2.05) is 45.9 Å². The molecule has 2 heterocycles. The molecule has 3 aromatic rings. The van der Waals surface area contributed by atoms with Crippen LogP contribution in [0.1, 0.15) is 86.5 Å². The van der Waals surface area contributed by atoms with Crippen LogP contribution in [-0.2, 0) is 12.8 Å². The van der Waals surface area contributed by atoms with E-state index in [0.717, 1.165) is 41.0 Å². The summed E-state index contributed by atoms with van der Waals surface area (Å²) in [5.41, 5.74) is 7.39.